The van der Waals surface area contributed by atoms with E-state index in [4.69, 9.17) is 4.74 Å². The van der Waals surface area contributed by atoms with E-state index in [9.17, 15) is 0 Å². The van der Waals surface area contributed by atoms with Gasteiger partial charge < -0.3 is 10.1 Å². The second kappa shape index (κ2) is 5.89. The summed E-state index contributed by atoms with van der Waals surface area (Å²) in [6, 6.07) is 15.1. The van der Waals surface area contributed by atoms with Gasteiger partial charge in [0.2, 0.25) is 0 Å². The molecule has 0 spiro atoms. The second-order valence-electron chi connectivity index (χ2n) is 4.80. The third-order valence-corrected chi connectivity index (χ3v) is 3.51. The first-order valence-corrected chi connectivity index (χ1v) is 6.58. The number of ether oxygens (including phenoxy) is 1. The summed E-state index contributed by atoms with van der Waals surface area (Å²) in [6.07, 6.45) is 0. The Balaban J connectivity index is 2.61. The van der Waals surface area contributed by atoms with E-state index >= 15 is 0 Å². The van der Waals surface area contributed by atoms with Crippen LogP contribution in [-0.4, -0.2) is 14.2 Å². The van der Waals surface area contributed by atoms with Crippen LogP contribution in [0.4, 0.5) is 0 Å². The number of rotatable bonds is 4. The molecule has 100 valence electrons. The average molecular weight is 255 g/mol. The molecule has 2 heteroatoms. The highest BCUT2D eigenvalue weighted by Crippen LogP contribution is 2.35. The first-order chi connectivity index (χ1) is 9.17. The summed E-state index contributed by atoms with van der Waals surface area (Å²) in [5.41, 5.74) is 4.90. The molecule has 2 aromatic carbocycles. The lowest BCUT2D eigenvalue weighted by molar-refractivity contribution is 0.416. The van der Waals surface area contributed by atoms with Crippen molar-refractivity contribution >= 4 is 0 Å². The molecular weight excluding hydrogens is 234 g/mol. The highest BCUT2D eigenvalue weighted by Gasteiger charge is 2.13. The highest BCUT2D eigenvalue weighted by molar-refractivity contribution is 5.74. The Morgan fingerprint density at radius 3 is 2.47 bits per heavy atom. The Hall–Kier alpha value is -1.80. The molecule has 0 heterocycles. The third-order valence-electron chi connectivity index (χ3n) is 3.51. The molecule has 0 saturated carbocycles. The average Bonchev–Trinajstić information content (AvgIpc) is 2.46. The summed E-state index contributed by atoms with van der Waals surface area (Å²) in [5, 5.41) is 3.30. The van der Waals surface area contributed by atoms with Crippen LogP contribution in [0.5, 0.6) is 5.75 Å². The fourth-order valence-electron chi connectivity index (χ4n) is 2.31. The van der Waals surface area contributed by atoms with Crippen LogP contribution in [0.25, 0.3) is 11.1 Å². The van der Waals surface area contributed by atoms with Crippen molar-refractivity contribution in [2.75, 3.05) is 14.2 Å². The zero-order valence-electron chi connectivity index (χ0n) is 12.0. The van der Waals surface area contributed by atoms with Crippen LogP contribution in [0, 0.1) is 6.92 Å². The van der Waals surface area contributed by atoms with E-state index in [1.54, 1.807) is 7.11 Å². The van der Waals surface area contributed by atoms with Crippen molar-refractivity contribution in [2.24, 2.45) is 0 Å². The Morgan fingerprint density at radius 1 is 1.05 bits per heavy atom. The van der Waals surface area contributed by atoms with Crippen molar-refractivity contribution < 1.29 is 4.74 Å². The Kier molecular flexibility index (Phi) is 4.23. The fraction of sp³-hybridized carbons (Fsp3) is 0.294. The van der Waals surface area contributed by atoms with Crippen LogP contribution in [0.2, 0.25) is 0 Å². The van der Waals surface area contributed by atoms with Crippen LogP contribution in [0.1, 0.15) is 24.1 Å². The number of benzene rings is 2. The fourth-order valence-corrected chi connectivity index (χ4v) is 2.31. The number of hydrogen-bond acceptors (Lipinski definition) is 2. The Labute approximate surface area is 115 Å². The molecule has 0 saturated heterocycles. The van der Waals surface area contributed by atoms with Gasteiger partial charge in [-0.25, -0.2) is 0 Å². The van der Waals surface area contributed by atoms with Crippen molar-refractivity contribution in [1.82, 2.24) is 5.32 Å². The molecule has 0 fully saturated rings. The van der Waals surface area contributed by atoms with Gasteiger partial charge in [0, 0.05) is 11.6 Å². The smallest absolute Gasteiger partial charge is 0.126 e. The Morgan fingerprint density at radius 2 is 1.79 bits per heavy atom. The first-order valence-electron chi connectivity index (χ1n) is 6.58. The lowest BCUT2D eigenvalue weighted by Crippen LogP contribution is -2.13. The molecule has 2 nitrogen and oxygen atoms in total. The molecule has 1 N–H and O–H groups in total. The van der Waals surface area contributed by atoms with Crippen LogP contribution in [0.15, 0.2) is 42.5 Å². The number of methoxy groups -OCH3 is 1. The summed E-state index contributed by atoms with van der Waals surface area (Å²) in [6.45, 7) is 4.27. The quantitative estimate of drug-likeness (QED) is 0.893. The van der Waals surface area contributed by atoms with Gasteiger partial charge >= 0.3 is 0 Å². The van der Waals surface area contributed by atoms with E-state index in [0.29, 0.717) is 6.04 Å². The number of nitrogens with one attached hydrogen (secondary N) is 1. The van der Waals surface area contributed by atoms with Crippen molar-refractivity contribution in [3.8, 4) is 16.9 Å². The standard InChI is InChI=1S/C17H21NO/c1-12-9-10-17(19-4)16(11-12)15-8-6-5-7-14(15)13(2)18-3/h5-11,13,18H,1-4H3. The highest BCUT2D eigenvalue weighted by atomic mass is 16.5. The van der Waals surface area contributed by atoms with Gasteiger partial charge in [0.25, 0.3) is 0 Å². The SMILES string of the molecule is CNC(C)c1ccccc1-c1cc(C)ccc1OC. The summed E-state index contributed by atoms with van der Waals surface area (Å²) >= 11 is 0. The molecule has 0 radical (unpaired) electrons. The van der Waals surface area contributed by atoms with Gasteiger partial charge in [-0.1, -0.05) is 35.9 Å². The molecule has 0 aliphatic heterocycles. The molecule has 2 aromatic rings. The minimum atomic E-state index is 0.307. The van der Waals surface area contributed by atoms with Gasteiger partial charge in [-0.05, 0) is 44.2 Å². The van der Waals surface area contributed by atoms with E-state index in [0.717, 1.165) is 11.3 Å². The molecule has 1 atom stereocenters. The van der Waals surface area contributed by atoms with E-state index in [2.05, 4.69) is 55.6 Å². The normalized spacial score (nSPS) is 12.2. The van der Waals surface area contributed by atoms with Crippen molar-refractivity contribution in [1.29, 1.82) is 0 Å². The Bertz CT molecular complexity index is 563. The van der Waals surface area contributed by atoms with Gasteiger partial charge in [-0.3, -0.25) is 0 Å². The van der Waals surface area contributed by atoms with Crippen molar-refractivity contribution in [3.63, 3.8) is 0 Å². The minimum absolute atomic E-state index is 0.307. The first kappa shape index (κ1) is 13.6. The molecule has 1 unspecified atom stereocenters. The largest absolute Gasteiger partial charge is 0.496 e. The zero-order valence-corrected chi connectivity index (χ0v) is 12.0. The van der Waals surface area contributed by atoms with Crippen molar-refractivity contribution in [2.45, 2.75) is 19.9 Å². The summed E-state index contributed by atoms with van der Waals surface area (Å²) < 4.78 is 5.50. The summed E-state index contributed by atoms with van der Waals surface area (Å²) in [5.74, 6) is 0.918. The predicted molar refractivity (Wildman–Crippen MR) is 80.6 cm³/mol. The maximum absolute atomic E-state index is 5.50. The van der Waals surface area contributed by atoms with E-state index in [1.165, 1.54) is 16.7 Å². The topological polar surface area (TPSA) is 21.3 Å². The molecular formula is C17H21NO. The van der Waals surface area contributed by atoms with Crippen molar-refractivity contribution in [3.05, 3.63) is 53.6 Å². The number of hydrogen-bond donors (Lipinski definition) is 1. The molecule has 0 amide bonds. The second-order valence-corrected chi connectivity index (χ2v) is 4.80. The zero-order chi connectivity index (χ0) is 13.8. The molecule has 2 rings (SSSR count). The third kappa shape index (κ3) is 2.79. The van der Waals surface area contributed by atoms with E-state index in [1.807, 2.05) is 13.1 Å². The van der Waals surface area contributed by atoms with Crippen LogP contribution >= 0.6 is 0 Å². The molecule has 0 bridgehead atoms. The van der Waals surface area contributed by atoms with Gasteiger partial charge in [0.1, 0.15) is 5.75 Å². The van der Waals surface area contributed by atoms with Gasteiger partial charge in [0.15, 0.2) is 0 Å². The van der Waals surface area contributed by atoms with Crippen LogP contribution in [0.3, 0.4) is 0 Å². The molecule has 0 aliphatic rings. The molecule has 19 heavy (non-hydrogen) atoms. The summed E-state index contributed by atoms with van der Waals surface area (Å²) in [4.78, 5) is 0. The van der Waals surface area contributed by atoms with Gasteiger partial charge in [0.05, 0.1) is 7.11 Å². The summed E-state index contributed by atoms with van der Waals surface area (Å²) in [7, 11) is 3.70. The monoisotopic (exact) mass is 255 g/mol. The van der Waals surface area contributed by atoms with E-state index < -0.39 is 0 Å². The predicted octanol–water partition coefficient (Wildman–Crippen LogP) is 3.95. The van der Waals surface area contributed by atoms with Gasteiger partial charge in [-0.2, -0.15) is 0 Å². The molecule has 0 aromatic heterocycles. The van der Waals surface area contributed by atoms with Crippen LogP contribution < -0.4 is 10.1 Å². The molecule has 0 aliphatic carbocycles. The maximum atomic E-state index is 5.50. The minimum Gasteiger partial charge on any atom is -0.496 e. The number of aryl methyl sites for hydroxylation is 1. The van der Waals surface area contributed by atoms with Crippen LogP contribution in [-0.2, 0) is 0 Å². The van der Waals surface area contributed by atoms with Gasteiger partial charge in [-0.15, -0.1) is 0 Å². The maximum Gasteiger partial charge on any atom is 0.126 e. The lowest BCUT2D eigenvalue weighted by atomic mass is 9.94. The lowest BCUT2D eigenvalue weighted by Gasteiger charge is -2.18. The van der Waals surface area contributed by atoms with E-state index in [-0.39, 0.29) is 0 Å².